The number of nitrogens with two attached hydrogens (primary N) is 1. The molecule has 1 fully saturated rings. The first-order chi connectivity index (χ1) is 10.3. The number of rotatable bonds is 5. The van der Waals surface area contributed by atoms with Crippen LogP contribution in [0.15, 0.2) is 48.8 Å². The lowest BCUT2D eigenvalue weighted by Gasteiger charge is -2.27. The Morgan fingerprint density at radius 2 is 1.81 bits per heavy atom. The highest BCUT2D eigenvalue weighted by Crippen LogP contribution is 2.37. The van der Waals surface area contributed by atoms with Crippen molar-refractivity contribution in [1.82, 2.24) is 4.98 Å². The molecule has 110 valence electrons. The second kappa shape index (κ2) is 6.27. The summed E-state index contributed by atoms with van der Waals surface area (Å²) in [4.78, 5) is 4.06. The van der Waals surface area contributed by atoms with Crippen LogP contribution in [0.1, 0.15) is 25.7 Å². The van der Waals surface area contributed by atoms with E-state index in [0.29, 0.717) is 0 Å². The zero-order valence-electron chi connectivity index (χ0n) is 12.3. The Bertz CT molecular complexity index is 577. The third-order valence-electron chi connectivity index (χ3n) is 4.49. The van der Waals surface area contributed by atoms with Crippen LogP contribution < -0.4 is 10.5 Å². The lowest BCUT2D eigenvalue weighted by atomic mass is 9.87. The highest BCUT2D eigenvalue weighted by atomic mass is 16.5. The van der Waals surface area contributed by atoms with E-state index in [1.807, 2.05) is 36.7 Å². The van der Waals surface area contributed by atoms with Crippen LogP contribution in [0.25, 0.3) is 11.1 Å². The van der Waals surface area contributed by atoms with Crippen molar-refractivity contribution in [3.63, 3.8) is 0 Å². The van der Waals surface area contributed by atoms with Gasteiger partial charge < -0.3 is 10.5 Å². The highest BCUT2D eigenvalue weighted by Gasteiger charge is 2.33. The summed E-state index contributed by atoms with van der Waals surface area (Å²) in [5.41, 5.74) is 8.47. The smallest absolute Gasteiger partial charge is 0.119 e. The van der Waals surface area contributed by atoms with Crippen LogP contribution in [0, 0.1) is 5.41 Å². The number of hydrogen-bond donors (Lipinski definition) is 1. The molecule has 0 aliphatic heterocycles. The van der Waals surface area contributed by atoms with E-state index in [4.69, 9.17) is 10.5 Å². The van der Waals surface area contributed by atoms with Gasteiger partial charge in [0.2, 0.25) is 0 Å². The van der Waals surface area contributed by atoms with E-state index in [1.54, 1.807) is 0 Å². The maximum absolute atomic E-state index is 6.05. The molecule has 3 rings (SSSR count). The minimum Gasteiger partial charge on any atom is -0.493 e. The minimum atomic E-state index is 0.187. The normalized spacial score (nSPS) is 16.8. The summed E-state index contributed by atoms with van der Waals surface area (Å²) >= 11 is 0. The molecule has 2 aromatic rings. The maximum atomic E-state index is 6.05. The fourth-order valence-electron chi connectivity index (χ4n) is 3.08. The van der Waals surface area contributed by atoms with Crippen molar-refractivity contribution in [3.05, 3.63) is 48.8 Å². The first kappa shape index (κ1) is 14.1. The topological polar surface area (TPSA) is 48.1 Å². The molecule has 1 saturated carbocycles. The van der Waals surface area contributed by atoms with E-state index in [-0.39, 0.29) is 5.41 Å². The summed E-state index contributed by atoms with van der Waals surface area (Å²) in [5.74, 6) is 0.920. The molecule has 0 unspecified atom stereocenters. The standard InChI is InChI=1S/C18H22N2O/c19-13-18(8-1-2-9-18)14-21-17-5-3-4-16(12-17)15-6-10-20-11-7-15/h3-7,10-12H,1-2,8-9,13-14,19H2. The van der Waals surface area contributed by atoms with Crippen molar-refractivity contribution < 1.29 is 4.74 Å². The van der Waals surface area contributed by atoms with Gasteiger partial charge in [-0.05, 0) is 48.2 Å². The number of hydrogen-bond acceptors (Lipinski definition) is 3. The summed E-state index contributed by atoms with van der Waals surface area (Å²) in [6, 6.07) is 12.3. The predicted molar refractivity (Wildman–Crippen MR) is 85.1 cm³/mol. The molecule has 0 atom stereocenters. The lowest BCUT2D eigenvalue weighted by molar-refractivity contribution is 0.157. The molecule has 1 heterocycles. The maximum Gasteiger partial charge on any atom is 0.119 e. The first-order valence-corrected chi connectivity index (χ1v) is 7.65. The monoisotopic (exact) mass is 282 g/mol. The van der Waals surface area contributed by atoms with Crippen molar-refractivity contribution in [2.75, 3.05) is 13.2 Å². The van der Waals surface area contributed by atoms with Gasteiger partial charge in [0, 0.05) is 24.4 Å². The van der Waals surface area contributed by atoms with Crippen LogP contribution >= 0.6 is 0 Å². The molecule has 21 heavy (non-hydrogen) atoms. The van der Waals surface area contributed by atoms with Gasteiger partial charge in [-0.15, -0.1) is 0 Å². The number of aromatic nitrogens is 1. The summed E-state index contributed by atoms with van der Waals surface area (Å²) in [6.45, 7) is 1.44. The quantitative estimate of drug-likeness (QED) is 0.910. The van der Waals surface area contributed by atoms with Gasteiger partial charge in [-0.25, -0.2) is 0 Å². The molecular weight excluding hydrogens is 260 g/mol. The minimum absolute atomic E-state index is 0.187. The predicted octanol–water partition coefficient (Wildman–Crippen LogP) is 3.65. The summed E-state index contributed by atoms with van der Waals surface area (Å²) in [6.07, 6.45) is 8.55. The van der Waals surface area contributed by atoms with Gasteiger partial charge in [-0.1, -0.05) is 25.0 Å². The summed E-state index contributed by atoms with van der Waals surface area (Å²) < 4.78 is 6.05. The summed E-state index contributed by atoms with van der Waals surface area (Å²) in [5, 5.41) is 0. The van der Waals surface area contributed by atoms with Gasteiger partial charge in [0.15, 0.2) is 0 Å². The van der Waals surface area contributed by atoms with Gasteiger partial charge >= 0.3 is 0 Å². The van der Waals surface area contributed by atoms with Crippen LogP contribution in [0.2, 0.25) is 0 Å². The number of nitrogens with zero attached hydrogens (tertiary/aromatic N) is 1. The molecule has 0 spiro atoms. The van der Waals surface area contributed by atoms with Gasteiger partial charge in [-0.2, -0.15) is 0 Å². The fraction of sp³-hybridized carbons (Fsp3) is 0.389. The van der Waals surface area contributed by atoms with Gasteiger partial charge in [0.25, 0.3) is 0 Å². The van der Waals surface area contributed by atoms with Crippen LogP contribution in [0.4, 0.5) is 0 Å². The third kappa shape index (κ3) is 3.24. The zero-order chi connectivity index (χ0) is 14.5. The van der Waals surface area contributed by atoms with Crippen molar-refractivity contribution in [1.29, 1.82) is 0 Å². The molecule has 0 amide bonds. The van der Waals surface area contributed by atoms with E-state index >= 15 is 0 Å². The zero-order valence-corrected chi connectivity index (χ0v) is 12.3. The number of benzene rings is 1. The van der Waals surface area contributed by atoms with Gasteiger partial charge in [0.1, 0.15) is 5.75 Å². The molecule has 0 bridgehead atoms. The summed E-state index contributed by atoms with van der Waals surface area (Å²) in [7, 11) is 0. The van der Waals surface area contributed by atoms with Crippen molar-refractivity contribution in [2.45, 2.75) is 25.7 Å². The molecule has 3 heteroatoms. The Hall–Kier alpha value is -1.87. The second-order valence-electron chi connectivity index (χ2n) is 5.96. The molecule has 1 aliphatic carbocycles. The van der Waals surface area contributed by atoms with Gasteiger partial charge in [0.05, 0.1) is 6.61 Å². The first-order valence-electron chi connectivity index (χ1n) is 7.65. The molecule has 0 saturated heterocycles. The Balaban J connectivity index is 1.72. The Labute approximate surface area is 126 Å². The number of ether oxygens (including phenoxy) is 1. The van der Waals surface area contributed by atoms with E-state index in [0.717, 1.165) is 30.0 Å². The van der Waals surface area contributed by atoms with Crippen LogP contribution in [-0.2, 0) is 0 Å². The number of pyridine rings is 1. The second-order valence-corrected chi connectivity index (χ2v) is 5.96. The van der Waals surface area contributed by atoms with Crippen molar-refractivity contribution in [2.24, 2.45) is 11.1 Å². The largest absolute Gasteiger partial charge is 0.493 e. The molecule has 2 N–H and O–H groups in total. The molecular formula is C18H22N2O. The van der Waals surface area contributed by atoms with Crippen molar-refractivity contribution in [3.8, 4) is 16.9 Å². The van der Waals surface area contributed by atoms with E-state index in [2.05, 4.69) is 17.1 Å². The van der Waals surface area contributed by atoms with Gasteiger partial charge in [-0.3, -0.25) is 4.98 Å². The van der Waals surface area contributed by atoms with E-state index < -0.39 is 0 Å². The molecule has 0 radical (unpaired) electrons. The SMILES string of the molecule is NCC1(COc2cccc(-c3ccncc3)c2)CCCC1. The molecule has 1 aromatic carbocycles. The fourth-order valence-corrected chi connectivity index (χ4v) is 3.08. The average Bonchev–Trinajstić information content (AvgIpc) is 3.04. The molecule has 3 nitrogen and oxygen atoms in total. The Kier molecular flexibility index (Phi) is 4.20. The Morgan fingerprint density at radius 3 is 2.52 bits per heavy atom. The van der Waals surface area contributed by atoms with E-state index in [9.17, 15) is 0 Å². The van der Waals surface area contributed by atoms with E-state index in [1.165, 1.54) is 25.7 Å². The van der Waals surface area contributed by atoms with Crippen molar-refractivity contribution >= 4 is 0 Å². The highest BCUT2D eigenvalue weighted by molar-refractivity contribution is 5.64. The average molecular weight is 282 g/mol. The lowest BCUT2D eigenvalue weighted by Crippen LogP contribution is -2.33. The van der Waals surface area contributed by atoms with Crippen LogP contribution in [0.5, 0.6) is 5.75 Å². The molecule has 1 aliphatic rings. The van der Waals surface area contributed by atoms with Crippen LogP contribution in [0.3, 0.4) is 0 Å². The van der Waals surface area contributed by atoms with Crippen LogP contribution in [-0.4, -0.2) is 18.1 Å². The molecule has 1 aromatic heterocycles. The third-order valence-corrected chi connectivity index (χ3v) is 4.49. The Morgan fingerprint density at radius 1 is 1.05 bits per heavy atom.